The molecule has 0 aliphatic carbocycles. The van der Waals surface area contributed by atoms with E-state index in [1.807, 2.05) is 0 Å². The molecule has 2 rings (SSSR count). The number of aromatic nitrogens is 3. The minimum absolute atomic E-state index is 0.00943. The molecule has 0 atom stereocenters. The number of ether oxygens (including phenoxy) is 1. The summed E-state index contributed by atoms with van der Waals surface area (Å²) in [5.74, 6) is -0.923. The van der Waals surface area contributed by atoms with E-state index in [4.69, 9.17) is 16.3 Å². The van der Waals surface area contributed by atoms with Crippen LogP contribution in [0.2, 0.25) is 5.28 Å². The lowest BCUT2D eigenvalue weighted by Crippen LogP contribution is -2.08. The lowest BCUT2D eigenvalue weighted by Gasteiger charge is -2.07. The number of anilines is 1. The van der Waals surface area contributed by atoms with Crippen LogP contribution in [0.25, 0.3) is 0 Å². The Labute approximate surface area is 119 Å². The van der Waals surface area contributed by atoms with E-state index < -0.39 is 11.6 Å². The molecule has 0 saturated heterocycles. The topological polar surface area (TPSA) is 59.9 Å². The van der Waals surface area contributed by atoms with Crippen molar-refractivity contribution in [2.45, 2.75) is 13.5 Å². The summed E-state index contributed by atoms with van der Waals surface area (Å²) in [6.45, 7) is 2.15. The molecule has 1 aromatic heterocycles. The largest absolute Gasteiger partial charge is 0.464 e. The molecule has 20 heavy (non-hydrogen) atoms. The second-order valence-electron chi connectivity index (χ2n) is 3.73. The SMILES string of the molecule is CCOc1nc(Cl)nc(NCc2cc(F)ccc2F)n1. The Morgan fingerprint density at radius 1 is 1.25 bits per heavy atom. The van der Waals surface area contributed by atoms with Crippen LogP contribution in [0, 0.1) is 11.6 Å². The lowest BCUT2D eigenvalue weighted by atomic mass is 10.2. The predicted molar refractivity (Wildman–Crippen MR) is 69.7 cm³/mol. The highest BCUT2D eigenvalue weighted by Crippen LogP contribution is 2.14. The Balaban J connectivity index is 2.12. The first-order valence-electron chi connectivity index (χ1n) is 5.80. The van der Waals surface area contributed by atoms with E-state index in [0.717, 1.165) is 18.2 Å². The maximum absolute atomic E-state index is 13.4. The Hall–Kier alpha value is -2.02. The smallest absolute Gasteiger partial charge is 0.322 e. The van der Waals surface area contributed by atoms with Gasteiger partial charge in [0, 0.05) is 12.1 Å². The molecular weight excluding hydrogens is 290 g/mol. The minimum Gasteiger partial charge on any atom is -0.464 e. The van der Waals surface area contributed by atoms with Crippen LogP contribution < -0.4 is 10.1 Å². The third kappa shape index (κ3) is 3.74. The first kappa shape index (κ1) is 14.4. The number of nitrogens with one attached hydrogen (secondary N) is 1. The van der Waals surface area contributed by atoms with Crippen LogP contribution in [0.1, 0.15) is 12.5 Å². The van der Waals surface area contributed by atoms with Gasteiger partial charge in [-0.25, -0.2) is 8.78 Å². The van der Waals surface area contributed by atoms with E-state index >= 15 is 0 Å². The maximum atomic E-state index is 13.4. The molecule has 0 radical (unpaired) electrons. The summed E-state index contributed by atoms with van der Waals surface area (Å²) in [4.78, 5) is 11.5. The summed E-state index contributed by atoms with van der Waals surface area (Å²) in [6.07, 6.45) is 0. The molecule has 2 aromatic rings. The number of halogens is 3. The van der Waals surface area contributed by atoms with Crippen molar-refractivity contribution < 1.29 is 13.5 Å². The van der Waals surface area contributed by atoms with Crippen LogP contribution in [-0.4, -0.2) is 21.6 Å². The van der Waals surface area contributed by atoms with Gasteiger partial charge in [-0.15, -0.1) is 0 Å². The molecule has 1 aromatic carbocycles. The van der Waals surface area contributed by atoms with E-state index in [0.29, 0.717) is 6.61 Å². The first-order valence-corrected chi connectivity index (χ1v) is 6.18. The molecule has 1 heterocycles. The van der Waals surface area contributed by atoms with Crippen molar-refractivity contribution in [2.75, 3.05) is 11.9 Å². The molecular formula is C12H11ClF2N4O. The van der Waals surface area contributed by atoms with Crippen molar-refractivity contribution in [1.82, 2.24) is 15.0 Å². The molecule has 0 amide bonds. The Morgan fingerprint density at radius 3 is 2.80 bits per heavy atom. The van der Waals surface area contributed by atoms with Crippen LogP contribution in [0.4, 0.5) is 14.7 Å². The molecule has 0 fully saturated rings. The Kier molecular flexibility index (Phi) is 4.62. The molecule has 0 aliphatic rings. The number of hydrogen-bond acceptors (Lipinski definition) is 5. The summed E-state index contributed by atoms with van der Waals surface area (Å²) in [5.41, 5.74) is 0.152. The fourth-order valence-corrected chi connectivity index (χ4v) is 1.61. The van der Waals surface area contributed by atoms with Gasteiger partial charge in [0.25, 0.3) is 0 Å². The van der Waals surface area contributed by atoms with E-state index in [1.165, 1.54) is 0 Å². The highest BCUT2D eigenvalue weighted by Gasteiger charge is 2.08. The lowest BCUT2D eigenvalue weighted by molar-refractivity contribution is 0.312. The molecule has 106 valence electrons. The van der Waals surface area contributed by atoms with Crippen molar-refractivity contribution in [3.05, 3.63) is 40.7 Å². The van der Waals surface area contributed by atoms with Crippen molar-refractivity contribution >= 4 is 17.5 Å². The van der Waals surface area contributed by atoms with Gasteiger partial charge in [0.15, 0.2) is 0 Å². The third-order valence-electron chi connectivity index (χ3n) is 2.31. The van der Waals surface area contributed by atoms with Gasteiger partial charge in [0.05, 0.1) is 6.61 Å². The molecule has 8 heteroatoms. The molecule has 0 unspecified atom stereocenters. The van der Waals surface area contributed by atoms with Gasteiger partial charge in [0.2, 0.25) is 11.2 Å². The van der Waals surface area contributed by atoms with Gasteiger partial charge in [-0.2, -0.15) is 15.0 Å². The quantitative estimate of drug-likeness (QED) is 0.920. The number of benzene rings is 1. The van der Waals surface area contributed by atoms with Gasteiger partial charge in [0.1, 0.15) is 11.6 Å². The number of nitrogens with zero attached hydrogens (tertiary/aromatic N) is 3. The zero-order chi connectivity index (χ0) is 14.5. The standard InChI is InChI=1S/C12H11ClF2N4O/c1-2-20-12-18-10(13)17-11(19-12)16-6-7-5-8(14)3-4-9(7)15/h3-5H,2,6H2,1H3,(H,16,17,18,19). The summed E-state index contributed by atoms with van der Waals surface area (Å²) in [5, 5.41) is 2.68. The average molecular weight is 301 g/mol. The Morgan fingerprint density at radius 2 is 2.05 bits per heavy atom. The predicted octanol–water partition coefficient (Wildman–Crippen LogP) is 2.81. The van der Waals surface area contributed by atoms with Gasteiger partial charge in [-0.3, -0.25) is 0 Å². The van der Waals surface area contributed by atoms with Crippen LogP contribution >= 0.6 is 11.6 Å². The zero-order valence-corrected chi connectivity index (χ0v) is 11.3. The van der Waals surface area contributed by atoms with Gasteiger partial charge < -0.3 is 10.1 Å². The zero-order valence-electron chi connectivity index (χ0n) is 10.5. The van der Waals surface area contributed by atoms with Crippen molar-refractivity contribution in [3.63, 3.8) is 0 Å². The van der Waals surface area contributed by atoms with Gasteiger partial charge >= 0.3 is 6.01 Å². The highest BCUT2D eigenvalue weighted by molar-refractivity contribution is 6.28. The molecule has 5 nitrogen and oxygen atoms in total. The van der Waals surface area contributed by atoms with Gasteiger partial charge in [-0.1, -0.05) is 0 Å². The summed E-state index contributed by atoms with van der Waals surface area (Å²) in [7, 11) is 0. The molecule has 1 N–H and O–H groups in total. The van der Waals surface area contributed by atoms with Crippen molar-refractivity contribution in [2.24, 2.45) is 0 Å². The summed E-state index contributed by atoms with van der Waals surface area (Å²) < 4.78 is 31.6. The maximum Gasteiger partial charge on any atom is 0.322 e. The second-order valence-corrected chi connectivity index (χ2v) is 4.07. The molecule has 0 aliphatic heterocycles. The normalized spacial score (nSPS) is 10.4. The number of hydrogen-bond donors (Lipinski definition) is 1. The van der Waals surface area contributed by atoms with Crippen LogP contribution in [0.15, 0.2) is 18.2 Å². The third-order valence-corrected chi connectivity index (χ3v) is 2.47. The molecule has 0 bridgehead atoms. The highest BCUT2D eigenvalue weighted by atomic mass is 35.5. The summed E-state index contributed by atoms with van der Waals surface area (Å²) >= 11 is 5.71. The number of rotatable bonds is 5. The van der Waals surface area contributed by atoms with E-state index in [-0.39, 0.29) is 29.4 Å². The minimum atomic E-state index is -0.524. The molecule has 0 saturated carbocycles. The average Bonchev–Trinajstić information content (AvgIpc) is 2.40. The van der Waals surface area contributed by atoms with Crippen LogP contribution in [0.5, 0.6) is 6.01 Å². The second kappa shape index (κ2) is 6.42. The van der Waals surface area contributed by atoms with Crippen molar-refractivity contribution in [1.29, 1.82) is 0 Å². The van der Waals surface area contributed by atoms with Gasteiger partial charge in [-0.05, 0) is 36.7 Å². The molecule has 0 spiro atoms. The fraction of sp³-hybridized carbons (Fsp3) is 0.250. The monoisotopic (exact) mass is 300 g/mol. The van der Waals surface area contributed by atoms with E-state index in [1.54, 1.807) is 6.92 Å². The Bertz CT molecular complexity index is 612. The summed E-state index contributed by atoms with van der Waals surface area (Å²) in [6, 6.07) is 3.26. The van der Waals surface area contributed by atoms with Crippen LogP contribution in [-0.2, 0) is 6.54 Å². The van der Waals surface area contributed by atoms with E-state index in [9.17, 15) is 8.78 Å². The van der Waals surface area contributed by atoms with Crippen molar-refractivity contribution in [3.8, 4) is 6.01 Å². The van der Waals surface area contributed by atoms with E-state index in [2.05, 4.69) is 20.3 Å². The first-order chi connectivity index (χ1) is 9.58. The fourth-order valence-electron chi connectivity index (χ4n) is 1.46. The van der Waals surface area contributed by atoms with Crippen LogP contribution in [0.3, 0.4) is 0 Å².